The Morgan fingerprint density at radius 1 is 1.03 bits per heavy atom. The van der Waals surface area contributed by atoms with Crippen molar-refractivity contribution in [2.75, 3.05) is 5.43 Å². The van der Waals surface area contributed by atoms with Crippen molar-refractivity contribution in [3.8, 4) is 5.75 Å². The minimum absolute atomic E-state index is 0.0550. The number of hydrazone groups is 1. The van der Waals surface area contributed by atoms with Crippen molar-refractivity contribution in [1.82, 2.24) is 0 Å². The van der Waals surface area contributed by atoms with Gasteiger partial charge in [0.25, 0.3) is 5.69 Å². The maximum absolute atomic E-state index is 11.2. The molecule has 1 N–H and O–H groups in total. The number of hydrogen-bond acceptors (Lipinski definition) is 7. The summed E-state index contributed by atoms with van der Waals surface area (Å²) in [5, 5.41) is 26.1. The first-order chi connectivity index (χ1) is 15.2. The lowest BCUT2D eigenvalue weighted by Gasteiger charge is -2.12. The number of nitro benzene ring substituents is 2. The van der Waals surface area contributed by atoms with Crippen molar-refractivity contribution in [3.63, 3.8) is 0 Å². The van der Waals surface area contributed by atoms with E-state index in [9.17, 15) is 20.2 Å². The van der Waals surface area contributed by atoms with Crippen molar-refractivity contribution in [1.29, 1.82) is 0 Å². The highest BCUT2D eigenvalue weighted by Gasteiger charge is 2.19. The van der Waals surface area contributed by atoms with Crippen LogP contribution in [0.25, 0.3) is 0 Å². The smallest absolute Gasteiger partial charge is 0.301 e. The summed E-state index contributed by atoms with van der Waals surface area (Å²) in [6.45, 7) is 2.48. The third-order valence-corrected chi connectivity index (χ3v) is 5.88. The number of nitrogens with one attached hydrogen (secondary N) is 1. The van der Waals surface area contributed by atoms with Crippen molar-refractivity contribution >= 4 is 68.5 Å². The molecule has 0 heterocycles. The van der Waals surface area contributed by atoms with Gasteiger partial charge in [-0.1, -0.05) is 29.8 Å². The Balaban J connectivity index is 1.73. The molecule has 11 heteroatoms. The standard InChI is InChI=1S/C21H16I2N4O5/c1-13-3-2-4-14(7-13)12-32-21-17(22)8-15(9-18(21)23)11-24-25-19-6-5-16(26(28)29)10-20(19)27(30)31/h2-11,25H,12H2,1H3/b24-11-. The first-order valence-electron chi connectivity index (χ1n) is 9.14. The maximum Gasteiger partial charge on any atom is 0.301 e. The van der Waals surface area contributed by atoms with Crippen LogP contribution in [0, 0.1) is 34.3 Å². The van der Waals surface area contributed by atoms with Crippen LogP contribution < -0.4 is 10.2 Å². The second-order valence-electron chi connectivity index (χ2n) is 6.68. The number of nitro groups is 2. The average molecular weight is 658 g/mol. The van der Waals surface area contributed by atoms with Gasteiger partial charge in [-0.05, 0) is 81.4 Å². The number of nitrogens with zero attached hydrogens (tertiary/aromatic N) is 3. The summed E-state index contributed by atoms with van der Waals surface area (Å²) in [6, 6.07) is 15.2. The third-order valence-electron chi connectivity index (χ3n) is 4.27. The zero-order valence-corrected chi connectivity index (χ0v) is 20.9. The Labute approximate surface area is 210 Å². The first kappa shape index (κ1) is 23.8. The Kier molecular flexibility index (Phi) is 7.95. The summed E-state index contributed by atoms with van der Waals surface area (Å²) in [6.07, 6.45) is 1.51. The molecule has 0 aliphatic heterocycles. The number of hydrogen-bond donors (Lipinski definition) is 1. The van der Waals surface area contributed by atoms with Crippen LogP contribution in [0.15, 0.2) is 59.7 Å². The lowest BCUT2D eigenvalue weighted by molar-refractivity contribution is -0.393. The van der Waals surface area contributed by atoms with E-state index < -0.39 is 15.5 Å². The van der Waals surface area contributed by atoms with E-state index in [1.807, 2.05) is 37.3 Å². The van der Waals surface area contributed by atoms with Crippen LogP contribution in [0.4, 0.5) is 17.1 Å². The number of benzene rings is 3. The van der Waals surface area contributed by atoms with Gasteiger partial charge in [0.2, 0.25) is 0 Å². The molecule has 0 atom stereocenters. The summed E-state index contributed by atoms with van der Waals surface area (Å²) in [4.78, 5) is 20.7. The van der Waals surface area contributed by atoms with Gasteiger partial charge in [-0.25, -0.2) is 0 Å². The highest BCUT2D eigenvalue weighted by atomic mass is 127. The predicted molar refractivity (Wildman–Crippen MR) is 138 cm³/mol. The molecule has 3 aromatic carbocycles. The van der Waals surface area contributed by atoms with Crippen LogP contribution in [-0.2, 0) is 6.61 Å². The van der Waals surface area contributed by atoms with Gasteiger partial charge in [0.05, 0.1) is 29.3 Å². The second kappa shape index (κ2) is 10.7. The molecule has 0 fully saturated rings. The monoisotopic (exact) mass is 658 g/mol. The molecule has 32 heavy (non-hydrogen) atoms. The van der Waals surface area contributed by atoms with Crippen LogP contribution in [0.3, 0.4) is 0 Å². The molecule has 164 valence electrons. The summed E-state index contributed by atoms with van der Waals surface area (Å²) in [5.41, 5.74) is 4.86. The van der Waals surface area contributed by atoms with E-state index in [0.29, 0.717) is 6.61 Å². The predicted octanol–water partition coefficient (Wildman–Crippen LogP) is 6.05. The van der Waals surface area contributed by atoms with Gasteiger partial charge in [-0.2, -0.15) is 5.10 Å². The minimum atomic E-state index is -0.697. The van der Waals surface area contributed by atoms with E-state index in [4.69, 9.17) is 4.74 Å². The molecule has 0 saturated heterocycles. The Morgan fingerprint density at radius 2 is 1.75 bits per heavy atom. The van der Waals surface area contributed by atoms with Gasteiger partial charge in [0, 0.05) is 6.07 Å². The van der Waals surface area contributed by atoms with Crippen molar-refractivity contribution in [2.45, 2.75) is 13.5 Å². The van der Waals surface area contributed by atoms with Gasteiger partial charge in [0.15, 0.2) is 0 Å². The maximum atomic E-state index is 11.2. The van der Waals surface area contributed by atoms with E-state index in [1.165, 1.54) is 23.9 Å². The molecule has 0 bridgehead atoms. The molecule has 3 rings (SSSR count). The first-order valence-corrected chi connectivity index (χ1v) is 11.3. The molecule has 0 unspecified atom stereocenters. The van der Waals surface area contributed by atoms with Crippen molar-refractivity contribution in [3.05, 3.63) is 98.7 Å². The normalized spacial score (nSPS) is 10.8. The number of ether oxygens (including phenoxy) is 1. The molecule has 0 radical (unpaired) electrons. The van der Waals surface area contributed by atoms with Crippen LogP contribution in [0.2, 0.25) is 0 Å². The number of rotatable bonds is 8. The molecule has 0 aliphatic rings. The number of aryl methyl sites for hydroxylation is 1. The fraction of sp³-hybridized carbons (Fsp3) is 0.0952. The van der Waals surface area contributed by atoms with Crippen LogP contribution in [0.5, 0.6) is 5.75 Å². The van der Waals surface area contributed by atoms with Crippen LogP contribution in [-0.4, -0.2) is 16.1 Å². The lowest BCUT2D eigenvalue weighted by atomic mass is 10.1. The van der Waals surface area contributed by atoms with E-state index in [2.05, 4.69) is 61.8 Å². The molecule has 3 aromatic rings. The van der Waals surface area contributed by atoms with Gasteiger partial charge >= 0.3 is 5.69 Å². The van der Waals surface area contributed by atoms with E-state index in [-0.39, 0.29) is 11.4 Å². The molecule has 0 saturated carbocycles. The fourth-order valence-corrected chi connectivity index (χ4v) is 4.93. The Hall–Kier alpha value is -2.81. The van der Waals surface area contributed by atoms with Crippen LogP contribution >= 0.6 is 45.2 Å². The summed E-state index contributed by atoms with van der Waals surface area (Å²) >= 11 is 4.37. The van der Waals surface area contributed by atoms with E-state index in [1.54, 1.807) is 0 Å². The quantitative estimate of drug-likeness (QED) is 0.136. The molecule has 0 aromatic heterocycles. The topological polar surface area (TPSA) is 120 Å². The Morgan fingerprint density at radius 3 is 2.38 bits per heavy atom. The molecular formula is C21H16I2N4O5. The zero-order chi connectivity index (χ0) is 23.3. The molecule has 0 amide bonds. The second-order valence-corrected chi connectivity index (χ2v) is 9.00. The molecular weight excluding hydrogens is 642 g/mol. The number of anilines is 1. The summed E-state index contributed by atoms with van der Waals surface area (Å²) < 4.78 is 7.79. The van der Waals surface area contributed by atoms with Crippen molar-refractivity contribution < 1.29 is 14.6 Å². The van der Waals surface area contributed by atoms with Gasteiger partial charge in [-0.15, -0.1) is 0 Å². The van der Waals surface area contributed by atoms with E-state index >= 15 is 0 Å². The molecule has 0 spiro atoms. The average Bonchev–Trinajstić information content (AvgIpc) is 2.73. The number of halogens is 2. The number of non-ortho nitro benzene ring substituents is 1. The molecule has 9 nitrogen and oxygen atoms in total. The summed E-state index contributed by atoms with van der Waals surface area (Å²) in [7, 11) is 0. The summed E-state index contributed by atoms with van der Waals surface area (Å²) in [5.74, 6) is 0.767. The third kappa shape index (κ3) is 6.12. The minimum Gasteiger partial charge on any atom is -0.487 e. The van der Waals surface area contributed by atoms with Crippen molar-refractivity contribution in [2.24, 2.45) is 5.10 Å². The highest BCUT2D eigenvalue weighted by molar-refractivity contribution is 14.1. The molecule has 0 aliphatic carbocycles. The lowest BCUT2D eigenvalue weighted by Crippen LogP contribution is -2.01. The SMILES string of the molecule is Cc1cccc(COc2c(I)cc(/C=N\Nc3ccc([N+](=O)[O-])cc3[N+](=O)[O-])cc2I)c1. The van der Waals surface area contributed by atoms with Gasteiger partial charge < -0.3 is 4.74 Å². The van der Waals surface area contributed by atoms with E-state index in [0.717, 1.165) is 30.1 Å². The van der Waals surface area contributed by atoms with Gasteiger partial charge in [-0.3, -0.25) is 25.7 Å². The highest BCUT2D eigenvalue weighted by Crippen LogP contribution is 2.30. The largest absolute Gasteiger partial charge is 0.487 e. The zero-order valence-electron chi connectivity index (χ0n) is 16.6. The fourth-order valence-electron chi connectivity index (χ4n) is 2.80. The Bertz CT molecular complexity index is 1190. The van der Waals surface area contributed by atoms with Crippen LogP contribution in [0.1, 0.15) is 16.7 Å². The van der Waals surface area contributed by atoms with Gasteiger partial charge in [0.1, 0.15) is 18.0 Å².